The van der Waals surface area contributed by atoms with Crippen molar-refractivity contribution >= 4 is 6.29 Å². The van der Waals surface area contributed by atoms with E-state index in [0.29, 0.717) is 6.42 Å². The molecule has 0 fully saturated rings. The minimum absolute atomic E-state index is 0.297. The van der Waals surface area contributed by atoms with Gasteiger partial charge in [-0.3, -0.25) is 4.98 Å². The maximum atomic E-state index is 10.6. The Morgan fingerprint density at radius 3 is 2.17 bits per heavy atom. The van der Waals surface area contributed by atoms with Crippen molar-refractivity contribution in [3.63, 3.8) is 0 Å². The molecule has 0 aliphatic heterocycles. The maximum absolute atomic E-state index is 10.6. The van der Waals surface area contributed by atoms with Crippen LogP contribution in [0.25, 0.3) is 0 Å². The van der Waals surface area contributed by atoms with Crippen LogP contribution in [-0.2, 0) is 11.2 Å². The van der Waals surface area contributed by atoms with Crippen LogP contribution >= 0.6 is 0 Å². The van der Waals surface area contributed by atoms with Crippen LogP contribution in [0.15, 0.2) is 24.4 Å². The monoisotopic (exact) mass is 249 g/mol. The first-order chi connectivity index (χ1) is 8.55. The van der Waals surface area contributed by atoms with Gasteiger partial charge in [0.2, 0.25) is 0 Å². The normalized spacial score (nSPS) is 10.4. The van der Waals surface area contributed by atoms with Crippen molar-refractivity contribution in [3.8, 4) is 0 Å². The Morgan fingerprint density at radius 1 is 1.17 bits per heavy atom. The highest BCUT2D eigenvalue weighted by molar-refractivity contribution is 5.58. The summed E-state index contributed by atoms with van der Waals surface area (Å²) in [4.78, 5) is 14.8. The highest BCUT2D eigenvalue weighted by Gasteiger charge is 2.17. The van der Waals surface area contributed by atoms with Crippen LogP contribution in [0.3, 0.4) is 0 Å². The number of unbranched alkanes of at least 4 members (excludes halogenated alkanes) is 3. The van der Waals surface area contributed by atoms with Gasteiger partial charge >= 0.3 is 0 Å². The van der Waals surface area contributed by atoms with Gasteiger partial charge in [0, 0.05) is 23.7 Å². The first kappa shape index (κ1) is 16.8. The number of aromatic nitrogens is 1. The lowest BCUT2D eigenvalue weighted by molar-refractivity contribution is -0.114. The Balaban J connectivity index is 0.000000411. The van der Waals surface area contributed by atoms with E-state index in [1.807, 2.05) is 32.0 Å². The summed E-state index contributed by atoms with van der Waals surface area (Å²) in [5, 5.41) is 0. The third kappa shape index (κ3) is 8.91. The van der Waals surface area contributed by atoms with Crippen molar-refractivity contribution in [2.24, 2.45) is 5.41 Å². The molecule has 0 atom stereocenters. The predicted octanol–water partition coefficient (Wildman–Crippen LogP) is 4.44. The molecule has 1 heterocycles. The summed E-state index contributed by atoms with van der Waals surface area (Å²) in [5.41, 5.74) is 0.670. The highest BCUT2D eigenvalue weighted by Crippen LogP contribution is 2.16. The van der Waals surface area contributed by atoms with E-state index in [-0.39, 0.29) is 5.41 Å². The van der Waals surface area contributed by atoms with Crippen LogP contribution < -0.4 is 0 Å². The lowest BCUT2D eigenvalue weighted by atomic mass is 9.90. The van der Waals surface area contributed by atoms with E-state index in [1.54, 1.807) is 6.20 Å². The molecule has 0 aliphatic rings. The van der Waals surface area contributed by atoms with Gasteiger partial charge < -0.3 is 4.79 Å². The standard InChI is InChI=1S/C10H13NO.C6H14/c1-10(2,8-12)7-9-5-3-4-6-11-9;1-3-5-6-4-2/h3-6,8H,7H2,1-2H3;3-6H2,1-2H3. The molecule has 1 rings (SSSR count). The molecule has 2 nitrogen and oxygen atoms in total. The summed E-state index contributed by atoms with van der Waals surface area (Å²) >= 11 is 0. The third-order valence-corrected chi connectivity index (χ3v) is 2.64. The van der Waals surface area contributed by atoms with Gasteiger partial charge in [0.25, 0.3) is 0 Å². The number of hydrogen-bond donors (Lipinski definition) is 0. The minimum atomic E-state index is -0.297. The zero-order chi connectivity index (χ0) is 13.9. The average Bonchev–Trinajstić information content (AvgIpc) is 2.38. The first-order valence-corrected chi connectivity index (χ1v) is 6.92. The molecular weight excluding hydrogens is 222 g/mol. The lowest BCUT2D eigenvalue weighted by Gasteiger charge is -2.15. The van der Waals surface area contributed by atoms with Gasteiger partial charge in [0.1, 0.15) is 6.29 Å². The largest absolute Gasteiger partial charge is 0.303 e. The van der Waals surface area contributed by atoms with Crippen LogP contribution in [0.4, 0.5) is 0 Å². The van der Waals surface area contributed by atoms with Crippen LogP contribution in [0.1, 0.15) is 59.1 Å². The van der Waals surface area contributed by atoms with Gasteiger partial charge in [-0.1, -0.05) is 59.4 Å². The van der Waals surface area contributed by atoms with Crippen molar-refractivity contribution in [1.82, 2.24) is 4.98 Å². The number of pyridine rings is 1. The lowest BCUT2D eigenvalue weighted by Crippen LogP contribution is -2.16. The van der Waals surface area contributed by atoms with E-state index in [2.05, 4.69) is 18.8 Å². The van der Waals surface area contributed by atoms with E-state index < -0.39 is 0 Å². The molecule has 0 amide bonds. The van der Waals surface area contributed by atoms with Crippen LogP contribution in [-0.4, -0.2) is 11.3 Å². The summed E-state index contributed by atoms with van der Waals surface area (Å²) in [6, 6.07) is 5.74. The van der Waals surface area contributed by atoms with Gasteiger partial charge in [-0.15, -0.1) is 0 Å². The summed E-state index contributed by atoms with van der Waals surface area (Å²) < 4.78 is 0. The molecular formula is C16H27NO. The smallest absolute Gasteiger partial charge is 0.125 e. The molecule has 0 saturated heterocycles. The SMILES string of the molecule is CC(C)(C=O)Cc1ccccn1.CCCCCC. The van der Waals surface area contributed by atoms with Crippen LogP contribution in [0, 0.1) is 5.41 Å². The van der Waals surface area contributed by atoms with Gasteiger partial charge in [0.15, 0.2) is 0 Å². The van der Waals surface area contributed by atoms with E-state index in [0.717, 1.165) is 12.0 Å². The Kier molecular flexibility index (Phi) is 9.17. The Morgan fingerprint density at radius 2 is 1.78 bits per heavy atom. The van der Waals surface area contributed by atoms with E-state index in [4.69, 9.17) is 0 Å². The Bertz CT molecular complexity index is 302. The quantitative estimate of drug-likeness (QED) is 0.551. The predicted molar refractivity (Wildman–Crippen MR) is 77.6 cm³/mol. The van der Waals surface area contributed by atoms with E-state index in [1.165, 1.54) is 25.7 Å². The third-order valence-electron chi connectivity index (χ3n) is 2.64. The number of aldehydes is 1. The Labute approximate surface area is 112 Å². The zero-order valence-electron chi connectivity index (χ0n) is 12.3. The molecule has 0 aromatic carbocycles. The molecule has 0 bridgehead atoms. The second-order valence-corrected chi connectivity index (χ2v) is 5.31. The van der Waals surface area contributed by atoms with Gasteiger partial charge in [-0.2, -0.15) is 0 Å². The Hall–Kier alpha value is -1.18. The molecule has 2 heteroatoms. The molecule has 102 valence electrons. The van der Waals surface area contributed by atoms with Gasteiger partial charge in [-0.05, 0) is 12.1 Å². The fourth-order valence-electron chi connectivity index (χ4n) is 1.51. The first-order valence-electron chi connectivity index (χ1n) is 6.92. The molecule has 0 aliphatic carbocycles. The molecule has 0 N–H and O–H groups in total. The van der Waals surface area contributed by atoms with E-state index in [9.17, 15) is 4.79 Å². The topological polar surface area (TPSA) is 30.0 Å². The van der Waals surface area contributed by atoms with Crippen molar-refractivity contribution in [2.75, 3.05) is 0 Å². The van der Waals surface area contributed by atoms with E-state index >= 15 is 0 Å². The van der Waals surface area contributed by atoms with Crippen LogP contribution in [0.2, 0.25) is 0 Å². The fourth-order valence-corrected chi connectivity index (χ4v) is 1.51. The van der Waals surface area contributed by atoms with Crippen molar-refractivity contribution in [1.29, 1.82) is 0 Å². The van der Waals surface area contributed by atoms with Crippen LogP contribution in [0.5, 0.6) is 0 Å². The summed E-state index contributed by atoms with van der Waals surface area (Å²) in [5.74, 6) is 0. The minimum Gasteiger partial charge on any atom is -0.303 e. The molecule has 18 heavy (non-hydrogen) atoms. The van der Waals surface area contributed by atoms with Crippen molar-refractivity contribution in [2.45, 2.75) is 59.8 Å². The molecule has 1 aromatic rings. The second-order valence-electron chi connectivity index (χ2n) is 5.31. The maximum Gasteiger partial charge on any atom is 0.125 e. The van der Waals surface area contributed by atoms with Gasteiger partial charge in [0.05, 0.1) is 0 Å². The molecule has 0 spiro atoms. The molecule has 0 unspecified atom stereocenters. The number of rotatable bonds is 6. The summed E-state index contributed by atoms with van der Waals surface area (Å²) in [6.07, 6.45) is 8.96. The zero-order valence-corrected chi connectivity index (χ0v) is 12.3. The fraction of sp³-hybridized carbons (Fsp3) is 0.625. The molecule has 1 aromatic heterocycles. The number of hydrogen-bond acceptors (Lipinski definition) is 2. The highest BCUT2D eigenvalue weighted by atomic mass is 16.1. The average molecular weight is 249 g/mol. The van der Waals surface area contributed by atoms with Crippen molar-refractivity contribution in [3.05, 3.63) is 30.1 Å². The summed E-state index contributed by atoms with van der Waals surface area (Å²) in [6.45, 7) is 8.29. The molecule has 0 radical (unpaired) electrons. The number of nitrogens with zero attached hydrogens (tertiary/aromatic N) is 1. The summed E-state index contributed by atoms with van der Waals surface area (Å²) in [7, 11) is 0. The van der Waals surface area contributed by atoms with Gasteiger partial charge in [-0.25, -0.2) is 0 Å². The number of carbonyl (C=O) groups is 1. The molecule has 0 saturated carbocycles. The number of carbonyl (C=O) groups excluding carboxylic acids is 1. The van der Waals surface area contributed by atoms with Crippen molar-refractivity contribution < 1.29 is 4.79 Å². The second kappa shape index (κ2) is 9.81.